The van der Waals surface area contributed by atoms with Crippen LogP contribution < -0.4 is 0 Å². The van der Waals surface area contributed by atoms with Crippen molar-refractivity contribution >= 4 is 37.3 Å². The Balaban J connectivity index is 2.55. The molecule has 1 heterocycles. The van der Waals surface area contributed by atoms with Gasteiger partial charge in [0.1, 0.15) is 0 Å². The van der Waals surface area contributed by atoms with Crippen molar-refractivity contribution in [1.29, 1.82) is 0 Å². The maximum atomic E-state index is 13.1. The molecule has 0 aromatic heterocycles. The topological polar surface area (TPSA) is 59.1 Å². The first-order valence-corrected chi connectivity index (χ1v) is 21.7. The molecule has 0 bridgehead atoms. The van der Waals surface area contributed by atoms with Crippen molar-refractivity contribution in [2.45, 2.75) is 58.8 Å². The van der Waals surface area contributed by atoms with E-state index in [4.69, 9.17) is 9.47 Å². The molecule has 2 fully saturated rings. The van der Waals surface area contributed by atoms with Crippen LogP contribution in [-0.4, -0.2) is 87.3 Å². The molecule has 1 aliphatic carbocycles. The first-order chi connectivity index (χ1) is 14.0. The van der Waals surface area contributed by atoms with Gasteiger partial charge in [0.15, 0.2) is 0 Å². The number of carbonyl (C=O) groups excluding carboxylic acids is 2. The van der Waals surface area contributed by atoms with E-state index >= 15 is 0 Å². The Bertz CT molecular complexity index is 636. The number of esters is 2. The fraction of sp³-hybridized carbons (Fsp3) is 0.818. The molecule has 1 saturated carbocycles. The molecular weight excluding hydrogens is 486 g/mol. The first-order valence-electron chi connectivity index (χ1n) is 11.5. The predicted octanol–water partition coefficient (Wildman–Crippen LogP) is 3.46. The van der Waals surface area contributed by atoms with Crippen molar-refractivity contribution in [2.75, 3.05) is 40.4 Å². The number of hydrogen-bond donors (Lipinski definition) is 0. The number of allylic oxidation sites excluding steroid dienone is 1. The quantitative estimate of drug-likeness (QED) is 0.274. The van der Waals surface area contributed by atoms with Crippen LogP contribution in [-0.2, 0) is 19.1 Å². The van der Waals surface area contributed by atoms with E-state index in [-0.39, 0.29) is 26.1 Å². The zero-order chi connectivity index (χ0) is 22.7. The Morgan fingerprint density at radius 2 is 1.60 bits per heavy atom. The maximum absolute atomic E-state index is 13.1. The Kier molecular flexibility index (Phi) is 8.91. The van der Waals surface area contributed by atoms with Gasteiger partial charge in [-0.3, -0.25) is 0 Å². The van der Waals surface area contributed by atoms with Gasteiger partial charge in [0.05, 0.1) is 0 Å². The Morgan fingerprint density at radius 3 is 2.00 bits per heavy atom. The summed E-state index contributed by atoms with van der Waals surface area (Å²) in [6.07, 6.45) is 2.02. The summed E-state index contributed by atoms with van der Waals surface area (Å²) >= 11 is -2.34. The molecule has 1 aliphatic heterocycles. The fourth-order valence-corrected chi connectivity index (χ4v) is 13.3. The van der Waals surface area contributed by atoms with Gasteiger partial charge < -0.3 is 0 Å². The van der Waals surface area contributed by atoms with Crippen LogP contribution in [0, 0.1) is 11.3 Å². The van der Waals surface area contributed by atoms with Crippen molar-refractivity contribution in [1.82, 2.24) is 9.62 Å². The van der Waals surface area contributed by atoms with E-state index in [1.54, 1.807) is 13.8 Å². The predicted molar refractivity (Wildman–Crippen MR) is 125 cm³/mol. The normalized spacial score (nSPS) is 25.0. The summed E-state index contributed by atoms with van der Waals surface area (Å²) in [6.45, 7) is 8.63. The van der Waals surface area contributed by atoms with Crippen LogP contribution in [0.3, 0.4) is 0 Å². The molecule has 2 atom stereocenters. The van der Waals surface area contributed by atoms with E-state index in [0.717, 1.165) is 19.5 Å². The summed E-state index contributed by atoms with van der Waals surface area (Å²) in [4.78, 5) is 38.3. The van der Waals surface area contributed by atoms with Crippen LogP contribution in [0.5, 0.6) is 0 Å². The molecule has 2 unspecified atom stereocenters. The van der Waals surface area contributed by atoms with Crippen LogP contribution in [0.25, 0.3) is 0 Å². The van der Waals surface area contributed by atoms with Crippen LogP contribution in [0.1, 0.15) is 40.0 Å². The van der Waals surface area contributed by atoms with Crippen molar-refractivity contribution in [3.63, 3.8) is 0 Å². The van der Waals surface area contributed by atoms with E-state index < -0.39 is 35.7 Å². The summed E-state index contributed by atoms with van der Waals surface area (Å²) in [7, 11) is 4.28. The summed E-state index contributed by atoms with van der Waals surface area (Å²) in [5.74, 6) is 1.74. The second kappa shape index (κ2) is 10.4. The van der Waals surface area contributed by atoms with Gasteiger partial charge in [-0.15, -0.1) is 0 Å². The van der Waals surface area contributed by atoms with Crippen molar-refractivity contribution in [3.05, 3.63) is 11.5 Å². The molecule has 0 amide bonds. The Morgan fingerprint density at radius 1 is 1.10 bits per heavy atom. The van der Waals surface area contributed by atoms with Crippen LogP contribution in [0.4, 0.5) is 0 Å². The van der Waals surface area contributed by atoms with Crippen LogP contribution >= 0.6 is 0 Å². The molecule has 2 rings (SSSR count). The first kappa shape index (κ1) is 25.7. The van der Waals surface area contributed by atoms with Gasteiger partial charge in [0.2, 0.25) is 0 Å². The van der Waals surface area contributed by atoms with Crippen LogP contribution in [0.2, 0.25) is 18.8 Å². The molecule has 170 valence electrons. The average Bonchev–Trinajstić information content (AvgIpc) is 3.18. The van der Waals surface area contributed by atoms with Gasteiger partial charge in [-0.1, -0.05) is 0 Å². The van der Waals surface area contributed by atoms with Gasteiger partial charge in [-0.2, -0.15) is 0 Å². The number of rotatable bonds is 8. The SMILES string of the molecule is CCOC(=O)C1(C(=O)OCC)CC(=CB2N(C)CCN2C)C([CH](CC)[Sn]([CH3])([CH3])[CH3])C1. The number of hydrogen-bond acceptors (Lipinski definition) is 6. The molecule has 6 nitrogen and oxygen atoms in total. The molecule has 0 aromatic carbocycles. The molecule has 0 aromatic rings. The van der Waals surface area contributed by atoms with Gasteiger partial charge in [0, 0.05) is 0 Å². The Hall–Kier alpha value is -0.536. The van der Waals surface area contributed by atoms with Crippen molar-refractivity contribution < 1.29 is 19.1 Å². The zero-order valence-electron chi connectivity index (χ0n) is 20.3. The van der Waals surface area contributed by atoms with Gasteiger partial charge >= 0.3 is 188 Å². The standard InChI is InChI=1S/C19H32BN2O4.3CH3.Sn/c1-6-9-15-12-19(17(23)25-7-2,18(24)26-8-3)13-16(15)14-20-21(4)10-11-22(20)5;;;;/h9,14-15H,6-8,10-13H2,1-5H3;3*1H3;. The van der Waals surface area contributed by atoms with E-state index in [1.165, 1.54) is 5.57 Å². The minimum atomic E-state index is -2.34. The summed E-state index contributed by atoms with van der Waals surface area (Å²) in [5, 5.41) is 0. The summed E-state index contributed by atoms with van der Waals surface area (Å²) in [6, 6.07) is 0. The zero-order valence-corrected chi connectivity index (χ0v) is 23.1. The fourth-order valence-electron chi connectivity index (χ4n) is 5.44. The van der Waals surface area contributed by atoms with Gasteiger partial charge in [0.25, 0.3) is 0 Å². The number of likely N-dealkylation sites (N-methyl/N-ethyl adjacent to an activating group) is 2. The third kappa shape index (κ3) is 5.26. The number of nitrogens with zero attached hydrogens (tertiary/aromatic N) is 2. The van der Waals surface area contributed by atoms with E-state index in [9.17, 15) is 9.59 Å². The average molecular weight is 527 g/mol. The second-order valence-electron chi connectivity index (χ2n) is 10.0. The monoisotopic (exact) mass is 528 g/mol. The Labute approximate surface area is 187 Å². The third-order valence-electron chi connectivity index (χ3n) is 6.99. The molecule has 0 N–H and O–H groups in total. The molecule has 0 spiro atoms. The number of carbonyl (C=O) groups is 2. The number of ether oxygens (including phenoxy) is 2. The molecule has 0 radical (unpaired) electrons. The molecule has 8 heteroatoms. The van der Waals surface area contributed by atoms with Gasteiger partial charge in [-0.25, -0.2) is 0 Å². The molecule has 2 aliphatic rings. The van der Waals surface area contributed by atoms with Gasteiger partial charge in [-0.05, 0) is 0 Å². The third-order valence-corrected chi connectivity index (χ3v) is 15.7. The summed E-state index contributed by atoms with van der Waals surface area (Å²) < 4.78 is 11.4. The summed E-state index contributed by atoms with van der Waals surface area (Å²) in [5.41, 5.74) is 0.0446. The molecular formula is C22H41BN2O4Sn. The van der Waals surface area contributed by atoms with Crippen molar-refractivity contribution in [2.24, 2.45) is 11.3 Å². The van der Waals surface area contributed by atoms with Crippen molar-refractivity contribution in [3.8, 4) is 0 Å². The second-order valence-corrected chi connectivity index (χ2v) is 25.6. The van der Waals surface area contributed by atoms with Crippen LogP contribution in [0.15, 0.2) is 11.5 Å². The molecule has 30 heavy (non-hydrogen) atoms. The van der Waals surface area contributed by atoms with E-state index in [1.807, 2.05) is 0 Å². The van der Waals surface area contributed by atoms with E-state index in [0.29, 0.717) is 16.8 Å². The molecule has 1 saturated heterocycles. The minimum absolute atomic E-state index is 0.204. The van der Waals surface area contributed by atoms with E-state index in [2.05, 4.69) is 51.4 Å².